The van der Waals surface area contributed by atoms with Crippen LogP contribution >= 0.6 is 0 Å². The second kappa shape index (κ2) is 6.41. The molecular weight excluding hydrogens is 352 g/mol. The molecule has 27 heavy (non-hydrogen) atoms. The number of nitrogens with one attached hydrogen (secondary N) is 1. The number of methoxy groups -OCH3 is 1. The highest BCUT2D eigenvalue weighted by Gasteiger charge is 2.19. The van der Waals surface area contributed by atoms with E-state index in [0.29, 0.717) is 22.4 Å². The molecule has 0 unspecified atom stereocenters. The Hall–Kier alpha value is -3.94. The van der Waals surface area contributed by atoms with E-state index in [1.807, 2.05) is 0 Å². The van der Waals surface area contributed by atoms with Gasteiger partial charge in [0.25, 0.3) is 0 Å². The second-order valence-corrected chi connectivity index (χ2v) is 5.71. The van der Waals surface area contributed by atoms with Crippen molar-refractivity contribution in [2.75, 3.05) is 12.4 Å². The van der Waals surface area contributed by atoms with Crippen molar-refractivity contribution < 1.29 is 18.5 Å². The molecule has 0 fully saturated rings. The lowest BCUT2D eigenvalue weighted by Gasteiger charge is -2.12. The summed E-state index contributed by atoms with van der Waals surface area (Å²) in [7, 11) is 1.47. The lowest BCUT2D eigenvalue weighted by molar-refractivity contribution is -0.377. The molecule has 1 aromatic carbocycles. The Labute approximate surface area is 152 Å². The van der Waals surface area contributed by atoms with E-state index in [2.05, 4.69) is 5.32 Å². The van der Waals surface area contributed by atoms with E-state index in [4.69, 9.17) is 13.6 Å². The van der Waals surface area contributed by atoms with Crippen molar-refractivity contribution in [3.8, 4) is 5.75 Å². The molecule has 0 aliphatic heterocycles. The fourth-order valence-electron chi connectivity index (χ4n) is 2.90. The maximum atomic E-state index is 11.7. The van der Waals surface area contributed by atoms with E-state index >= 15 is 0 Å². The molecule has 1 N–H and O–H groups in total. The molecule has 0 atom stereocenters. The molecule has 3 aromatic rings. The quantitative estimate of drug-likeness (QED) is 0.430. The van der Waals surface area contributed by atoms with Gasteiger partial charge in [0.15, 0.2) is 11.2 Å². The third-order valence-electron chi connectivity index (χ3n) is 4.14. The number of benzene rings is 1. The van der Waals surface area contributed by atoms with Crippen molar-refractivity contribution >= 4 is 33.3 Å². The van der Waals surface area contributed by atoms with Gasteiger partial charge < -0.3 is 29.3 Å². The largest absolute Gasteiger partial charge is 0.612 e. The zero-order chi connectivity index (χ0) is 19.0. The van der Waals surface area contributed by atoms with Crippen LogP contribution in [0.4, 0.5) is 5.69 Å². The van der Waals surface area contributed by atoms with Crippen molar-refractivity contribution in [2.45, 2.75) is 0 Å². The topological polar surface area (TPSA) is 114 Å². The molecule has 8 nitrogen and oxygen atoms in total. The number of fused-ring (bicyclic) bond motifs is 2. The van der Waals surface area contributed by atoms with E-state index in [9.17, 15) is 15.2 Å². The highest BCUT2D eigenvalue weighted by Crippen LogP contribution is 2.41. The Morgan fingerprint density at radius 1 is 1.07 bits per heavy atom. The standard InChI is InChI=1S/C19H13N2O6/c1-25-19-17-14(8-9-26-17)16(13-6-7-15(22)27-18(13)19)20-10-11-2-4-12(5-3-11)21(23)24/h2-10H,1H3,(H-,20,22,23,24)/q-1. The summed E-state index contributed by atoms with van der Waals surface area (Å²) >= 11 is 0. The summed E-state index contributed by atoms with van der Waals surface area (Å²) in [5.41, 5.74) is 1.62. The van der Waals surface area contributed by atoms with Crippen molar-refractivity contribution in [1.29, 1.82) is 0 Å². The highest BCUT2D eigenvalue weighted by molar-refractivity contribution is 6.12. The van der Waals surface area contributed by atoms with Gasteiger partial charge in [-0.2, -0.15) is 4.90 Å². The third-order valence-corrected chi connectivity index (χ3v) is 4.14. The van der Waals surface area contributed by atoms with Gasteiger partial charge in [0.2, 0.25) is 11.5 Å². The summed E-state index contributed by atoms with van der Waals surface area (Å²) in [6.07, 6.45) is 9.31. The molecule has 0 saturated heterocycles. The fraction of sp³-hybridized carbons (Fsp3) is 0.0526. The lowest BCUT2D eigenvalue weighted by atomic mass is 10.1. The van der Waals surface area contributed by atoms with Gasteiger partial charge in [0.05, 0.1) is 19.1 Å². The van der Waals surface area contributed by atoms with Crippen LogP contribution in [0.3, 0.4) is 0 Å². The smallest absolute Gasteiger partial charge is 0.336 e. The minimum Gasteiger partial charge on any atom is -0.612 e. The summed E-state index contributed by atoms with van der Waals surface area (Å²) < 4.78 is 16.2. The van der Waals surface area contributed by atoms with Gasteiger partial charge in [-0.1, -0.05) is 0 Å². The molecule has 4 rings (SSSR count). The van der Waals surface area contributed by atoms with Gasteiger partial charge in [-0.05, 0) is 29.9 Å². The van der Waals surface area contributed by atoms with Crippen LogP contribution in [-0.2, 0) is 0 Å². The third kappa shape index (κ3) is 2.82. The van der Waals surface area contributed by atoms with Crippen LogP contribution in [0, 0.1) is 10.4 Å². The maximum Gasteiger partial charge on any atom is 0.336 e. The van der Waals surface area contributed by atoms with Crippen LogP contribution in [0.25, 0.3) is 21.9 Å². The minimum atomic E-state index is -0.503. The maximum absolute atomic E-state index is 11.7. The number of rotatable bonds is 3. The zero-order valence-corrected chi connectivity index (χ0v) is 14.1. The SMILES string of the molecule is COc1c2occc2c(NC=C2C=CC(=[N+]([O-])[O-])C=C2)c2ccc(=O)oc12. The predicted molar refractivity (Wildman–Crippen MR) is 101 cm³/mol. The molecule has 136 valence electrons. The van der Waals surface area contributed by atoms with Gasteiger partial charge in [-0.15, -0.1) is 0 Å². The number of hydrogen-bond acceptors (Lipinski definition) is 7. The molecule has 8 heteroatoms. The predicted octanol–water partition coefficient (Wildman–Crippen LogP) is 3.42. The summed E-state index contributed by atoms with van der Waals surface area (Å²) in [5, 5.41) is 26.1. The molecule has 2 aromatic heterocycles. The average molecular weight is 365 g/mol. The molecule has 1 aliphatic rings. The number of allylic oxidation sites excluding steroid dienone is 5. The van der Waals surface area contributed by atoms with E-state index in [1.54, 1.807) is 30.5 Å². The molecular formula is C19H13N2O6-. The van der Waals surface area contributed by atoms with Crippen LogP contribution in [-0.4, -0.2) is 17.7 Å². The Morgan fingerprint density at radius 3 is 2.52 bits per heavy atom. The number of hydrogen-bond donors (Lipinski definition) is 1. The first-order chi connectivity index (χ1) is 13.1. The number of anilines is 1. The number of furan rings is 1. The molecule has 0 radical (unpaired) electrons. The first-order valence-electron chi connectivity index (χ1n) is 7.93. The molecule has 0 spiro atoms. The van der Waals surface area contributed by atoms with Crippen molar-refractivity contribution in [3.63, 3.8) is 0 Å². The monoisotopic (exact) mass is 365 g/mol. The summed E-state index contributed by atoms with van der Waals surface area (Å²) in [4.78, 5) is 11.2. The Morgan fingerprint density at radius 2 is 1.81 bits per heavy atom. The van der Waals surface area contributed by atoms with Crippen LogP contribution in [0.2, 0.25) is 0 Å². The zero-order valence-electron chi connectivity index (χ0n) is 14.1. The number of nitrogens with zero attached hydrogens (tertiary/aromatic N) is 1. The van der Waals surface area contributed by atoms with E-state index in [0.717, 1.165) is 11.0 Å². The van der Waals surface area contributed by atoms with Crippen LogP contribution in [0.15, 0.2) is 74.2 Å². The fourth-order valence-corrected chi connectivity index (χ4v) is 2.90. The molecule has 0 saturated carbocycles. The Balaban J connectivity index is 1.84. The van der Waals surface area contributed by atoms with Gasteiger partial charge in [0.1, 0.15) is 0 Å². The summed E-state index contributed by atoms with van der Waals surface area (Å²) in [6, 6.07) is 4.74. The van der Waals surface area contributed by atoms with E-state index in [1.165, 1.54) is 31.6 Å². The van der Waals surface area contributed by atoms with E-state index < -0.39 is 10.5 Å². The van der Waals surface area contributed by atoms with Crippen molar-refractivity contribution in [1.82, 2.24) is 0 Å². The van der Waals surface area contributed by atoms with Crippen molar-refractivity contribution in [3.05, 3.63) is 81.4 Å². The van der Waals surface area contributed by atoms with E-state index in [-0.39, 0.29) is 11.3 Å². The van der Waals surface area contributed by atoms with Crippen LogP contribution < -0.4 is 15.7 Å². The molecule has 2 heterocycles. The first kappa shape index (κ1) is 16.5. The van der Waals surface area contributed by atoms with Crippen LogP contribution in [0.5, 0.6) is 5.75 Å². The average Bonchev–Trinajstić information content (AvgIpc) is 3.14. The van der Waals surface area contributed by atoms with Gasteiger partial charge in [-0.25, -0.2) is 4.79 Å². The van der Waals surface area contributed by atoms with Gasteiger partial charge >= 0.3 is 5.63 Å². The molecule has 0 amide bonds. The van der Waals surface area contributed by atoms with Crippen molar-refractivity contribution in [2.24, 2.45) is 0 Å². The first-order valence-corrected chi connectivity index (χ1v) is 7.93. The lowest BCUT2D eigenvalue weighted by Crippen LogP contribution is -2.06. The molecule has 0 bridgehead atoms. The molecule has 1 aliphatic carbocycles. The second-order valence-electron chi connectivity index (χ2n) is 5.71. The Kier molecular flexibility index (Phi) is 3.92. The Bertz CT molecular complexity index is 1200. The number of ether oxygens (including phenoxy) is 1. The van der Waals surface area contributed by atoms with Gasteiger partial charge in [0, 0.05) is 35.2 Å². The summed E-state index contributed by atoms with van der Waals surface area (Å²) in [6.45, 7) is 0. The summed E-state index contributed by atoms with van der Waals surface area (Å²) in [5.74, 6) is 0.337. The van der Waals surface area contributed by atoms with Crippen LogP contribution in [0.1, 0.15) is 0 Å². The minimum absolute atomic E-state index is 0.0149. The van der Waals surface area contributed by atoms with Gasteiger partial charge in [-0.3, -0.25) is 0 Å². The normalized spacial score (nSPS) is 13.4. The highest BCUT2D eigenvalue weighted by atomic mass is 16.8.